The molecule has 0 bridgehead atoms. The molecule has 0 aliphatic carbocycles. The van der Waals surface area contributed by atoms with Crippen LogP contribution in [0, 0.1) is 6.92 Å². The SMILES string of the molecule is Cc1cccc(N2CCN(C(C)C(=O)Nc3ccccc3-c3ccccc3)CC2)c1. The zero-order valence-electron chi connectivity index (χ0n) is 17.7. The van der Waals surface area contributed by atoms with E-state index in [2.05, 4.69) is 64.5 Å². The fraction of sp³-hybridized carbons (Fsp3) is 0.269. The monoisotopic (exact) mass is 399 g/mol. The molecule has 0 radical (unpaired) electrons. The Morgan fingerprint density at radius 2 is 1.57 bits per heavy atom. The first-order valence-corrected chi connectivity index (χ1v) is 10.6. The molecule has 4 nitrogen and oxygen atoms in total. The van der Waals surface area contributed by atoms with Crippen LogP contribution in [0.2, 0.25) is 0 Å². The zero-order valence-corrected chi connectivity index (χ0v) is 17.7. The van der Waals surface area contributed by atoms with Crippen molar-refractivity contribution in [3.63, 3.8) is 0 Å². The van der Waals surface area contributed by atoms with Gasteiger partial charge in [-0.1, -0.05) is 60.7 Å². The van der Waals surface area contributed by atoms with Crippen molar-refractivity contribution < 1.29 is 4.79 Å². The largest absolute Gasteiger partial charge is 0.369 e. The summed E-state index contributed by atoms with van der Waals surface area (Å²) in [5, 5.41) is 3.16. The Hall–Kier alpha value is -3.11. The van der Waals surface area contributed by atoms with Crippen molar-refractivity contribution in [2.24, 2.45) is 0 Å². The van der Waals surface area contributed by atoms with Crippen LogP contribution < -0.4 is 10.2 Å². The number of rotatable bonds is 5. The molecule has 4 rings (SSSR count). The summed E-state index contributed by atoms with van der Waals surface area (Å²) >= 11 is 0. The van der Waals surface area contributed by atoms with Crippen LogP contribution in [0.25, 0.3) is 11.1 Å². The van der Waals surface area contributed by atoms with E-state index in [0.29, 0.717) is 0 Å². The van der Waals surface area contributed by atoms with Crippen LogP contribution in [0.5, 0.6) is 0 Å². The van der Waals surface area contributed by atoms with E-state index in [1.54, 1.807) is 0 Å². The topological polar surface area (TPSA) is 35.6 Å². The van der Waals surface area contributed by atoms with Crippen molar-refractivity contribution in [1.29, 1.82) is 0 Å². The average Bonchev–Trinajstić information content (AvgIpc) is 2.79. The van der Waals surface area contributed by atoms with E-state index in [-0.39, 0.29) is 11.9 Å². The van der Waals surface area contributed by atoms with Crippen LogP contribution in [0.4, 0.5) is 11.4 Å². The number of piperazine rings is 1. The second kappa shape index (κ2) is 9.14. The molecule has 1 atom stereocenters. The van der Waals surface area contributed by atoms with Crippen LogP contribution in [0.3, 0.4) is 0 Å². The molecule has 1 heterocycles. The van der Waals surface area contributed by atoms with E-state index in [4.69, 9.17) is 0 Å². The predicted octanol–water partition coefficient (Wildman–Crippen LogP) is 4.81. The minimum absolute atomic E-state index is 0.0439. The fourth-order valence-corrected chi connectivity index (χ4v) is 4.06. The van der Waals surface area contributed by atoms with Gasteiger partial charge in [-0.2, -0.15) is 0 Å². The van der Waals surface area contributed by atoms with E-state index >= 15 is 0 Å². The summed E-state index contributed by atoms with van der Waals surface area (Å²) in [6.07, 6.45) is 0. The highest BCUT2D eigenvalue weighted by Gasteiger charge is 2.26. The first-order valence-electron chi connectivity index (χ1n) is 10.6. The van der Waals surface area contributed by atoms with Crippen LogP contribution in [0.1, 0.15) is 12.5 Å². The number of nitrogens with zero attached hydrogens (tertiary/aromatic N) is 2. The maximum Gasteiger partial charge on any atom is 0.241 e. The maximum absolute atomic E-state index is 13.0. The van der Waals surface area contributed by atoms with Gasteiger partial charge in [-0.15, -0.1) is 0 Å². The van der Waals surface area contributed by atoms with Gasteiger partial charge in [0.25, 0.3) is 0 Å². The molecular formula is C26H29N3O. The third kappa shape index (κ3) is 4.55. The van der Waals surface area contributed by atoms with Crippen molar-refractivity contribution in [3.8, 4) is 11.1 Å². The minimum atomic E-state index is -0.173. The van der Waals surface area contributed by atoms with Gasteiger partial charge < -0.3 is 10.2 Å². The third-order valence-electron chi connectivity index (χ3n) is 5.88. The first kappa shape index (κ1) is 20.2. The number of para-hydroxylation sites is 1. The minimum Gasteiger partial charge on any atom is -0.369 e. The van der Waals surface area contributed by atoms with Gasteiger partial charge in [-0.3, -0.25) is 9.69 Å². The maximum atomic E-state index is 13.0. The second-order valence-corrected chi connectivity index (χ2v) is 7.94. The van der Waals surface area contributed by atoms with E-state index in [0.717, 1.165) is 43.0 Å². The molecule has 0 spiro atoms. The lowest BCUT2D eigenvalue weighted by Crippen LogP contribution is -2.52. The molecular weight excluding hydrogens is 370 g/mol. The standard InChI is InChI=1S/C26H29N3O/c1-20-9-8-12-23(19-20)29-17-15-28(16-18-29)21(2)26(30)27-25-14-7-6-13-24(25)22-10-4-3-5-11-22/h3-14,19,21H,15-18H2,1-2H3,(H,27,30). The number of benzene rings is 3. The van der Waals surface area contributed by atoms with E-state index in [1.807, 2.05) is 43.3 Å². The number of anilines is 2. The smallest absolute Gasteiger partial charge is 0.241 e. The number of nitrogens with one attached hydrogen (secondary N) is 1. The first-order chi connectivity index (χ1) is 14.6. The van der Waals surface area contributed by atoms with Gasteiger partial charge in [0.2, 0.25) is 5.91 Å². The average molecular weight is 400 g/mol. The van der Waals surface area contributed by atoms with Gasteiger partial charge in [0.15, 0.2) is 0 Å². The Morgan fingerprint density at radius 3 is 2.30 bits per heavy atom. The summed E-state index contributed by atoms with van der Waals surface area (Å²) in [6, 6.07) is 26.6. The quantitative estimate of drug-likeness (QED) is 0.669. The molecule has 3 aromatic carbocycles. The number of carbonyl (C=O) groups excluding carboxylic acids is 1. The Balaban J connectivity index is 1.40. The van der Waals surface area contributed by atoms with E-state index in [9.17, 15) is 4.79 Å². The van der Waals surface area contributed by atoms with Gasteiger partial charge >= 0.3 is 0 Å². The Bertz CT molecular complexity index is 994. The fourth-order valence-electron chi connectivity index (χ4n) is 4.06. The van der Waals surface area contributed by atoms with Gasteiger partial charge in [-0.25, -0.2) is 0 Å². The summed E-state index contributed by atoms with van der Waals surface area (Å²) < 4.78 is 0. The molecule has 1 aliphatic rings. The lowest BCUT2D eigenvalue weighted by Gasteiger charge is -2.38. The number of hydrogen-bond donors (Lipinski definition) is 1. The summed E-state index contributed by atoms with van der Waals surface area (Å²) in [4.78, 5) is 17.7. The molecule has 1 fully saturated rings. The molecule has 1 N–H and O–H groups in total. The van der Waals surface area contributed by atoms with Crippen LogP contribution in [0.15, 0.2) is 78.9 Å². The molecule has 1 saturated heterocycles. The zero-order chi connectivity index (χ0) is 20.9. The third-order valence-corrected chi connectivity index (χ3v) is 5.88. The lowest BCUT2D eigenvalue weighted by atomic mass is 10.0. The normalized spacial score (nSPS) is 15.6. The van der Waals surface area contributed by atoms with Gasteiger partial charge in [0.05, 0.1) is 6.04 Å². The number of carbonyl (C=O) groups is 1. The van der Waals surface area contributed by atoms with E-state index in [1.165, 1.54) is 11.3 Å². The molecule has 0 aromatic heterocycles. The Morgan fingerprint density at radius 1 is 0.867 bits per heavy atom. The second-order valence-electron chi connectivity index (χ2n) is 7.94. The van der Waals surface area contributed by atoms with Gasteiger partial charge in [0, 0.05) is 43.1 Å². The Kier molecular flexibility index (Phi) is 6.15. The van der Waals surface area contributed by atoms with E-state index < -0.39 is 0 Å². The molecule has 4 heteroatoms. The number of hydrogen-bond acceptors (Lipinski definition) is 3. The highest BCUT2D eigenvalue weighted by atomic mass is 16.2. The van der Waals surface area contributed by atoms with Crippen molar-refractivity contribution in [1.82, 2.24) is 4.90 Å². The summed E-state index contributed by atoms with van der Waals surface area (Å²) in [5.41, 5.74) is 5.55. The number of amides is 1. The number of aryl methyl sites for hydroxylation is 1. The summed E-state index contributed by atoms with van der Waals surface area (Å²) in [5.74, 6) is 0.0439. The lowest BCUT2D eigenvalue weighted by molar-refractivity contribution is -0.120. The predicted molar refractivity (Wildman–Crippen MR) is 125 cm³/mol. The molecule has 1 unspecified atom stereocenters. The Labute approximate surface area is 179 Å². The molecule has 3 aromatic rings. The van der Waals surface area contributed by atoms with Crippen molar-refractivity contribution >= 4 is 17.3 Å². The molecule has 154 valence electrons. The molecule has 1 aliphatic heterocycles. The van der Waals surface area contributed by atoms with Crippen LogP contribution in [-0.4, -0.2) is 43.0 Å². The highest BCUT2D eigenvalue weighted by Crippen LogP contribution is 2.28. The van der Waals surface area contributed by atoms with Crippen molar-refractivity contribution in [2.45, 2.75) is 19.9 Å². The van der Waals surface area contributed by atoms with Gasteiger partial charge in [0.1, 0.15) is 0 Å². The molecule has 30 heavy (non-hydrogen) atoms. The van der Waals surface area contributed by atoms with Crippen molar-refractivity contribution in [3.05, 3.63) is 84.4 Å². The van der Waals surface area contributed by atoms with Gasteiger partial charge in [-0.05, 0) is 43.2 Å². The highest BCUT2D eigenvalue weighted by molar-refractivity contribution is 5.98. The van der Waals surface area contributed by atoms with Crippen LogP contribution in [-0.2, 0) is 4.79 Å². The molecule has 1 amide bonds. The summed E-state index contributed by atoms with van der Waals surface area (Å²) in [6.45, 7) is 7.75. The summed E-state index contributed by atoms with van der Waals surface area (Å²) in [7, 11) is 0. The van der Waals surface area contributed by atoms with Crippen LogP contribution >= 0.6 is 0 Å². The van der Waals surface area contributed by atoms with Crippen molar-refractivity contribution in [2.75, 3.05) is 36.4 Å². The molecule has 0 saturated carbocycles.